The number of benzene rings is 1. The van der Waals surface area contributed by atoms with E-state index in [1.54, 1.807) is 18.2 Å². The number of amides is 1. The van der Waals surface area contributed by atoms with Gasteiger partial charge in [-0.15, -0.1) is 0 Å². The van der Waals surface area contributed by atoms with Crippen LogP contribution < -0.4 is 11.5 Å². The molecule has 3 aromatic rings. The number of hydrazine groups is 1. The molecule has 0 spiro atoms. The van der Waals surface area contributed by atoms with Crippen molar-refractivity contribution in [3.05, 3.63) is 47.8 Å². The Morgan fingerprint density at radius 3 is 2.21 bits per heavy atom. The Morgan fingerprint density at radius 1 is 1.00 bits per heavy atom. The maximum Gasteiger partial charge on any atom is 0.328 e. The highest BCUT2D eigenvalue weighted by atomic mass is 16.4. The number of nitrogens with two attached hydrogens (primary N) is 2. The van der Waals surface area contributed by atoms with Crippen LogP contribution in [0.4, 0.5) is 11.8 Å². The summed E-state index contributed by atoms with van der Waals surface area (Å²) in [6.07, 6.45) is 0.669. The van der Waals surface area contributed by atoms with Crippen LogP contribution in [0.1, 0.15) is 28.4 Å². The van der Waals surface area contributed by atoms with Crippen LogP contribution in [-0.4, -0.2) is 83.6 Å². The summed E-state index contributed by atoms with van der Waals surface area (Å²) in [7, 11) is 2.98. The summed E-state index contributed by atoms with van der Waals surface area (Å²) < 4.78 is 0. The van der Waals surface area contributed by atoms with E-state index in [0.29, 0.717) is 0 Å². The van der Waals surface area contributed by atoms with Gasteiger partial charge < -0.3 is 27.2 Å². The molecule has 2 aromatic heterocycles. The van der Waals surface area contributed by atoms with Gasteiger partial charge in [0, 0.05) is 19.7 Å². The molecule has 14 nitrogen and oxygen atoms in total. The molecule has 14 heteroatoms. The van der Waals surface area contributed by atoms with E-state index in [4.69, 9.17) is 11.5 Å². The minimum atomic E-state index is -1.52. The van der Waals surface area contributed by atoms with Crippen LogP contribution in [0.5, 0.6) is 0 Å². The minimum absolute atomic E-state index is 0. The lowest BCUT2D eigenvalue weighted by Crippen LogP contribution is -2.53. The van der Waals surface area contributed by atoms with Gasteiger partial charge in [-0.3, -0.25) is 14.6 Å². The van der Waals surface area contributed by atoms with Crippen molar-refractivity contribution in [2.24, 2.45) is 0 Å². The molecule has 2 heterocycles. The van der Waals surface area contributed by atoms with E-state index < -0.39 is 36.2 Å². The number of carbonyl (C=O) groups excluding carboxylic acids is 1. The van der Waals surface area contributed by atoms with Gasteiger partial charge in [-0.05, 0) is 18.6 Å². The fourth-order valence-corrected chi connectivity index (χ4v) is 3.32. The summed E-state index contributed by atoms with van der Waals surface area (Å²) in [5.74, 6) is -4.98. The fourth-order valence-electron chi connectivity index (χ4n) is 3.32. The molecule has 0 bridgehead atoms. The summed E-state index contributed by atoms with van der Waals surface area (Å²) in [5, 5.41) is 22.1. The number of anilines is 2. The summed E-state index contributed by atoms with van der Waals surface area (Å²) in [4.78, 5) is 53.3. The maximum atomic E-state index is 13.1. The predicted molar refractivity (Wildman–Crippen MR) is 120 cm³/mol. The topological polar surface area (TPSA) is 233 Å². The van der Waals surface area contributed by atoms with E-state index in [0.717, 1.165) is 11.2 Å². The van der Waals surface area contributed by atoms with Gasteiger partial charge >= 0.3 is 11.9 Å². The highest BCUT2D eigenvalue weighted by Gasteiger charge is 2.37. The lowest BCUT2D eigenvalue weighted by atomic mass is 9.95. The number of aromatic nitrogens is 4. The molecule has 0 saturated heterocycles. The quantitative estimate of drug-likeness (QED) is 0.300. The first-order chi connectivity index (χ1) is 15.6. The van der Waals surface area contributed by atoms with Crippen molar-refractivity contribution in [2.75, 3.05) is 25.6 Å². The van der Waals surface area contributed by atoms with Crippen molar-refractivity contribution in [3.8, 4) is 0 Å². The van der Waals surface area contributed by atoms with Gasteiger partial charge in [0.2, 0.25) is 5.95 Å². The van der Waals surface area contributed by atoms with Crippen molar-refractivity contribution < 1.29 is 30.1 Å². The number of aliphatic carboxylic acids is 2. The first kappa shape index (κ1) is 25.8. The molecule has 0 aliphatic heterocycles. The molecule has 2 atom stereocenters. The van der Waals surface area contributed by atoms with Gasteiger partial charge in [0.05, 0.1) is 11.9 Å². The van der Waals surface area contributed by atoms with E-state index >= 15 is 0 Å². The summed E-state index contributed by atoms with van der Waals surface area (Å²) in [6, 6.07) is 6.55. The molecule has 0 aliphatic rings. The fraction of sp³-hybridized carbons (Fsp3) is 0.250. The Hall–Kier alpha value is -4.43. The highest BCUT2D eigenvalue weighted by Crippen LogP contribution is 2.26. The van der Waals surface area contributed by atoms with Crippen LogP contribution >= 0.6 is 0 Å². The van der Waals surface area contributed by atoms with Crippen LogP contribution in [0.3, 0.4) is 0 Å². The Balaban J connectivity index is 0.00000408. The highest BCUT2D eigenvalue weighted by molar-refractivity contribution is 5.96. The lowest BCUT2D eigenvalue weighted by molar-refractivity contribution is -0.149. The molecule has 0 saturated carbocycles. The third-order valence-electron chi connectivity index (χ3n) is 4.82. The van der Waals surface area contributed by atoms with E-state index in [1.165, 1.54) is 31.2 Å². The average molecular weight is 472 g/mol. The summed E-state index contributed by atoms with van der Waals surface area (Å²) in [6.45, 7) is 0. The molecule has 0 radical (unpaired) electrons. The SMILES string of the molecule is CN(C)N(C(=O)c1ccccc1)[C@@H](CC(C(=O)O)c1cnc2nc(N)nc(N)c2n1)C(=O)O.O. The Bertz CT molecular complexity index is 1210. The zero-order valence-corrected chi connectivity index (χ0v) is 18.3. The molecule has 1 aromatic carbocycles. The third kappa shape index (κ3) is 5.31. The maximum absolute atomic E-state index is 13.1. The molecule has 34 heavy (non-hydrogen) atoms. The molecule has 3 rings (SSSR count). The largest absolute Gasteiger partial charge is 0.481 e. The number of hydrogen-bond donors (Lipinski definition) is 4. The number of carboxylic acids is 2. The van der Waals surface area contributed by atoms with Crippen LogP contribution in [0.25, 0.3) is 11.2 Å². The van der Waals surface area contributed by atoms with Gasteiger partial charge in [0.25, 0.3) is 5.91 Å². The average Bonchev–Trinajstić information content (AvgIpc) is 2.76. The van der Waals surface area contributed by atoms with Crippen molar-refractivity contribution in [2.45, 2.75) is 18.4 Å². The van der Waals surface area contributed by atoms with E-state index in [9.17, 15) is 24.6 Å². The molecule has 0 fully saturated rings. The molecular formula is C20H24N8O6. The first-order valence-corrected chi connectivity index (χ1v) is 9.67. The van der Waals surface area contributed by atoms with Gasteiger partial charge in [-0.2, -0.15) is 9.97 Å². The van der Waals surface area contributed by atoms with E-state index in [1.807, 2.05) is 0 Å². The smallest absolute Gasteiger partial charge is 0.328 e. The number of carboxylic acid groups (broad SMARTS) is 2. The van der Waals surface area contributed by atoms with E-state index in [-0.39, 0.29) is 39.7 Å². The molecule has 8 N–H and O–H groups in total. The standard InChI is InChI=1S/C20H22N8O5.H2O/c1-27(2)28(17(29)10-6-4-3-5-7-10)13(19(32)33)8-11(18(30)31)12-9-23-16-14(24-12)15(21)25-20(22)26-16;/h3-7,9,11,13H,8H2,1-2H3,(H,30,31)(H,32,33)(H4,21,22,23,25,26);1H2/t11?,13-;/m0./s1. The molecule has 1 amide bonds. The second kappa shape index (κ2) is 10.5. The Labute approximate surface area is 193 Å². The third-order valence-corrected chi connectivity index (χ3v) is 4.82. The number of fused-ring (bicyclic) bond motifs is 1. The zero-order chi connectivity index (χ0) is 24.3. The van der Waals surface area contributed by atoms with Gasteiger partial charge in [0.15, 0.2) is 17.0 Å². The van der Waals surface area contributed by atoms with Crippen molar-refractivity contribution in [1.82, 2.24) is 30.0 Å². The number of nitrogen functional groups attached to an aromatic ring is 2. The van der Waals surface area contributed by atoms with Crippen molar-refractivity contribution >= 4 is 40.8 Å². The lowest BCUT2D eigenvalue weighted by Gasteiger charge is -2.35. The van der Waals surface area contributed by atoms with Crippen LogP contribution in [0, 0.1) is 0 Å². The Kier molecular flexibility index (Phi) is 7.94. The summed E-state index contributed by atoms with van der Waals surface area (Å²) >= 11 is 0. The van der Waals surface area contributed by atoms with Gasteiger partial charge in [-0.1, -0.05) is 18.2 Å². The number of nitrogens with zero attached hydrogens (tertiary/aromatic N) is 6. The normalized spacial score (nSPS) is 12.6. The second-order valence-corrected chi connectivity index (χ2v) is 7.28. The van der Waals surface area contributed by atoms with Gasteiger partial charge in [-0.25, -0.2) is 19.8 Å². The van der Waals surface area contributed by atoms with Crippen LogP contribution in [0.15, 0.2) is 36.5 Å². The van der Waals surface area contributed by atoms with Crippen molar-refractivity contribution in [3.63, 3.8) is 0 Å². The van der Waals surface area contributed by atoms with Crippen molar-refractivity contribution in [1.29, 1.82) is 0 Å². The van der Waals surface area contributed by atoms with Crippen LogP contribution in [0.2, 0.25) is 0 Å². The molecular weight excluding hydrogens is 448 g/mol. The molecule has 0 aliphatic carbocycles. The summed E-state index contributed by atoms with van der Waals surface area (Å²) in [5.41, 5.74) is 11.6. The second-order valence-electron chi connectivity index (χ2n) is 7.28. The predicted octanol–water partition coefficient (Wildman–Crippen LogP) is -0.610. The number of rotatable bonds is 8. The van der Waals surface area contributed by atoms with Gasteiger partial charge in [0.1, 0.15) is 12.0 Å². The molecule has 180 valence electrons. The minimum Gasteiger partial charge on any atom is -0.481 e. The zero-order valence-electron chi connectivity index (χ0n) is 18.3. The Morgan fingerprint density at radius 2 is 1.65 bits per heavy atom. The molecule has 1 unspecified atom stereocenters. The van der Waals surface area contributed by atoms with Crippen LogP contribution in [-0.2, 0) is 9.59 Å². The monoisotopic (exact) mass is 472 g/mol. The number of hydrogen-bond acceptors (Lipinski definition) is 10. The first-order valence-electron chi connectivity index (χ1n) is 9.67. The van der Waals surface area contributed by atoms with E-state index in [2.05, 4.69) is 19.9 Å². The number of carbonyl (C=O) groups is 3.